The van der Waals surface area contributed by atoms with Crippen molar-refractivity contribution in [2.75, 3.05) is 0 Å². The summed E-state index contributed by atoms with van der Waals surface area (Å²) >= 11 is 8.02. The second kappa shape index (κ2) is 7.35. The first-order chi connectivity index (χ1) is 13.8. The fourth-order valence-corrected chi connectivity index (χ4v) is 5.55. The minimum absolute atomic E-state index is 0.156. The summed E-state index contributed by atoms with van der Waals surface area (Å²) in [5.74, 6) is 0. The van der Waals surface area contributed by atoms with Crippen LogP contribution >= 0.6 is 31.9 Å². The van der Waals surface area contributed by atoms with Gasteiger partial charge in [0.05, 0.1) is 9.65 Å². The van der Waals surface area contributed by atoms with Gasteiger partial charge in [-0.15, -0.1) is 0 Å². The summed E-state index contributed by atoms with van der Waals surface area (Å²) in [7, 11) is 0. The summed E-state index contributed by atoms with van der Waals surface area (Å²) in [6.07, 6.45) is 0. The Hall–Kier alpha value is -2.16. The van der Waals surface area contributed by atoms with Gasteiger partial charge in [-0.2, -0.15) is 0 Å². The minimum atomic E-state index is 0.156. The number of benzene rings is 4. The predicted octanol–water partition coefficient (Wildman–Crippen LogP) is 8.57. The van der Waals surface area contributed by atoms with E-state index in [2.05, 4.69) is 129 Å². The number of halogens is 2. The highest BCUT2D eigenvalue weighted by Crippen LogP contribution is 2.51. The van der Waals surface area contributed by atoms with Crippen LogP contribution in [0.15, 0.2) is 97.1 Å². The van der Waals surface area contributed by atoms with E-state index in [9.17, 15) is 0 Å². The molecule has 0 nitrogen and oxygen atoms in total. The van der Waals surface area contributed by atoms with Crippen molar-refractivity contribution in [2.45, 2.75) is 9.65 Å². The summed E-state index contributed by atoms with van der Waals surface area (Å²) in [6, 6.07) is 34.9. The number of hydrogen-bond acceptors (Lipinski definition) is 0. The van der Waals surface area contributed by atoms with E-state index in [1.165, 1.54) is 44.5 Å². The van der Waals surface area contributed by atoms with Gasteiger partial charge in [0.25, 0.3) is 0 Å². The first kappa shape index (κ1) is 17.9. The van der Waals surface area contributed by atoms with Crippen molar-refractivity contribution in [1.29, 1.82) is 0 Å². The van der Waals surface area contributed by atoms with Gasteiger partial charge in [0, 0.05) is 0 Å². The van der Waals surface area contributed by atoms with E-state index >= 15 is 0 Å². The summed E-state index contributed by atoms with van der Waals surface area (Å²) in [5, 5.41) is 0. The Kier molecular flexibility index (Phi) is 4.70. The van der Waals surface area contributed by atoms with Gasteiger partial charge in [-0.05, 0) is 44.5 Å². The fourth-order valence-electron chi connectivity index (χ4n) is 4.19. The van der Waals surface area contributed by atoms with Crippen LogP contribution in [-0.4, -0.2) is 0 Å². The quantitative estimate of drug-likeness (QED) is 0.217. The number of hydrogen-bond donors (Lipinski definition) is 0. The molecule has 0 radical (unpaired) electrons. The van der Waals surface area contributed by atoms with Crippen LogP contribution in [0.5, 0.6) is 0 Å². The molecule has 0 saturated carbocycles. The topological polar surface area (TPSA) is 0 Å². The Morgan fingerprint density at radius 2 is 0.607 bits per heavy atom. The molecule has 2 unspecified atom stereocenters. The molecule has 0 N–H and O–H groups in total. The highest BCUT2D eigenvalue weighted by Gasteiger charge is 2.27. The lowest BCUT2D eigenvalue weighted by molar-refractivity contribution is 0.941. The summed E-state index contributed by atoms with van der Waals surface area (Å²) in [4.78, 5) is 0.311. The molecule has 0 heterocycles. The monoisotopic (exact) mass is 488 g/mol. The SMILES string of the molecule is BrC1c2ccccc2-c2ccccc2-c2ccccc2-c2ccccc2C1Br. The molecular formula is C26H18Br2. The third kappa shape index (κ3) is 2.87. The van der Waals surface area contributed by atoms with Gasteiger partial charge < -0.3 is 0 Å². The molecule has 2 atom stereocenters. The third-order valence-electron chi connectivity index (χ3n) is 5.50. The van der Waals surface area contributed by atoms with Gasteiger partial charge in [-0.3, -0.25) is 0 Å². The fraction of sp³-hybridized carbons (Fsp3) is 0.0769. The predicted molar refractivity (Wildman–Crippen MR) is 126 cm³/mol. The molecule has 0 fully saturated rings. The van der Waals surface area contributed by atoms with Crippen molar-refractivity contribution in [3.05, 3.63) is 108 Å². The smallest absolute Gasteiger partial charge is 0.0567 e. The molecule has 1 aliphatic carbocycles. The van der Waals surface area contributed by atoms with E-state index in [1.54, 1.807) is 0 Å². The van der Waals surface area contributed by atoms with Gasteiger partial charge in [0.15, 0.2) is 0 Å². The van der Waals surface area contributed by atoms with E-state index in [1.807, 2.05) is 0 Å². The van der Waals surface area contributed by atoms with Crippen molar-refractivity contribution in [3.63, 3.8) is 0 Å². The molecule has 0 saturated heterocycles. The zero-order valence-corrected chi connectivity index (χ0v) is 18.3. The average Bonchev–Trinajstić information content (AvgIpc) is 2.77. The highest BCUT2D eigenvalue weighted by atomic mass is 79.9. The number of alkyl halides is 2. The Morgan fingerprint density at radius 1 is 0.357 bits per heavy atom. The molecule has 4 aromatic carbocycles. The van der Waals surface area contributed by atoms with Crippen LogP contribution in [0.25, 0.3) is 33.4 Å². The molecular weight excluding hydrogens is 472 g/mol. The Labute approximate surface area is 182 Å². The molecule has 0 spiro atoms. The largest absolute Gasteiger partial charge is 0.0823 e. The van der Waals surface area contributed by atoms with Crippen LogP contribution in [0.4, 0.5) is 0 Å². The lowest BCUT2D eigenvalue weighted by Crippen LogP contribution is -2.05. The molecule has 2 heteroatoms. The Morgan fingerprint density at radius 3 is 0.964 bits per heavy atom. The van der Waals surface area contributed by atoms with E-state index in [-0.39, 0.29) is 9.65 Å². The Bertz CT molecular complexity index is 1070. The zero-order chi connectivity index (χ0) is 19.1. The molecule has 0 aliphatic heterocycles. The van der Waals surface area contributed by atoms with Crippen molar-refractivity contribution in [2.24, 2.45) is 0 Å². The van der Waals surface area contributed by atoms with E-state index in [0.717, 1.165) is 0 Å². The first-order valence-electron chi connectivity index (χ1n) is 9.41. The standard InChI is InChI=1S/C26H18Br2/c27-25-23-15-7-5-13-21(23)19-11-3-1-9-17(19)18-10-2-4-12-20(18)22-14-6-8-16-24(22)26(25)28/h1-16,25-26H. The van der Waals surface area contributed by atoms with Crippen LogP contribution < -0.4 is 0 Å². The zero-order valence-electron chi connectivity index (χ0n) is 15.1. The van der Waals surface area contributed by atoms with Crippen LogP contribution in [-0.2, 0) is 0 Å². The average molecular weight is 490 g/mol. The molecule has 28 heavy (non-hydrogen) atoms. The summed E-state index contributed by atoms with van der Waals surface area (Å²) in [5.41, 5.74) is 10.2. The first-order valence-corrected chi connectivity index (χ1v) is 11.2. The maximum atomic E-state index is 4.01. The van der Waals surface area contributed by atoms with Crippen molar-refractivity contribution in [3.8, 4) is 33.4 Å². The van der Waals surface area contributed by atoms with Crippen LogP contribution in [0.1, 0.15) is 20.8 Å². The van der Waals surface area contributed by atoms with Crippen molar-refractivity contribution >= 4 is 31.9 Å². The number of fused-ring (bicyclic) bond motifs is 7. The molecule has 0 aromatic heterocycles. The van der Waals surface area contributed by atoms with Gasteiger partial charge in [0.2, 0.25) is 0 Å². The van der Waals surface area contributed by atoms with E-state index < -0.39 is 0 Å². The van der Waals surface area contributed by atoms with Crippen LogP contribution in [0.3, 0.4) is 0 Å². The second-order valence-electron chi connectivity index (χ2n) is 7.07. The lowest BCUT2D eigenvalue weighted by atomic mass is 9.83. The minimum Gasteiger partial charge on any atom is -0.0823 e. The van der Waals surface area contributed by atoms with Gasteiger partial charge in [-0.1, -0.05) is 129 Å². The molecule has 4 aromatic rings. The third-order valence-corrected chi connectivity index (χ3v) is 8.25. The Balaban J connectivity index is 1.94. The molecule has 5 rings (SSSR count). The van der Waals surface area contributed by atoms with Gasteiger partial charge >= 0.3 is 0 Å². The van der Waals surface area contributed by atoms with E-state index in [4.69, 9.17) is 0 Å². The normalized spacial score (nSPS) is 17.6. The molecule has 136 valence electrons. The second-order valence-corrected chi connectivity index (χ2v) is 9.04. The van der Waals surface area contributed by atoms with Gasteiger partial charge in [0.1, 0.15) is 0 Å². The number of rotatable bonds is 0. The van der Waals surface area contributed by atoms with Gasteiger partial charge in [-0.25, -0.2) is 0 Å². The maximum absolute atomic E-state index is 4.01. The molecule has 0 bridgehead atoms. The van der Waals surface area contributed by atoms with Crippen molar-refractivity contribution < 1.29 is 0 Å². The van der Waals surface area contributed by atoms with E-state index in [0.29, 0.717) is 0 Å². The lowest BCUT2D eigenvalue weighted by Gasteiger charge is -2.26. The summed E-state index contributed by atoms with van der Waals surface area (Å²) < 4.78 is 0. The van der Waals surface area contributed by atoms with Crippen molar-refractivity contribution in [1.82, 2.24) is 0 Å². The maximum Gasteiger partial charge on any atom is 0.0567 e. The molecule has 0 amide bonds. The summed E-state index contributed by atoms with van der Waals surface area (Å²) in [6.45, 7) is 0. The van der Waals surface area contributed by atoms with Crippen LogP contribution in [0, 0.1) is 0 Å². The molecule has 1 aliphatic rings. The van der Waals surface area contributed by atoms with Crippen LogP contribution in [0.2, 0.25) is 0 Å². The highest BCUT2D eigenvalue weighted by molar-refractivity contribution is 9.12.